The number of hydrogen-bond acceptors (Lipinski definition) is 5. The van der Waals surface area contributed by atoms with Crippen LogP contribution < -0.4 is 10.6 Å². The zero-order chi connectivity index (χ0) is 11.4. The fourth-order valence-corrected chi connectivity index (χ4v) is 2.87. The second-order valence-electron chi connectivity index (χ2n) is 3.87. The molecule has 4 nitrogen and oxygen atoms in total. The van der Waals surface area contributed by atoms with Crippen LogP contribution in [0.15, 0.2) is 6.33 Å². The molecule has 1 fully saturated rings. The molecular formula is C11H18N4S. The molecule has 2 rings (SSSR count). The third kappa shape index (κ3) is 2.40. The van der Waals surface area contributed by atoms with E-state index in [-0.39, 0.29) is 0 Å². The van der Waals surface area contributed by atoms with Gasteiger partial charge in [-0.1, -0.05) is 6.92 Å². The highest BCUT2D eigenvalue weighted by atomic mass is 32.2. The normalized spacial score (nSPS) is 17.2. The number of nitrogens with two attached hydrogens (primary N) is 1. The summed E-state index contributed by atoms with van der Waals surface area (Å²) in [6.45, 7) is 4.25. The number of rotatable bonds is 2. The van der Waals surface area contributed by atoms with Gasteiger partial charge in [0.1, 0.15) is 18.0 Å². The van der Waals surface area contributed by atoms with E-state index in [0.717, 1.165) is 30.9 Å². The molecule has 0 amide bonds. The van der Waals surface area contributed by atoms with Crippen LogP contribution >= 0.6 is 11.8 Å². The van der Waals surface area contributed by atoms with E-state index in [1.165, 1.54) is 17.9 Å². The van der Waals surface area contributed by atoms with E-state index in [1.54, 1.807) is 6.33 Å². The molecule has 2 N–H and O–H groups in total. The lowest BCUT2D eigenvalue weighted by atomic mass is 10.2. The minimum atomic E-state index is 0.629. The minimum absolute atomic E-state index is 0.629. The topological polar surface area (TPSA) is 55.0 Å². The SMILES string of the molecule is CCc1c(N)ncnc1N1CCCSCC1. The van der Waals surface area contributed by atoms with Gasteiger partial charge in [-0.25, -0.2) is 9.97 Å². The molecule has 1 aliphatic rings. The lowest BCUT2D eigenvalue weighted by Gasteiger charge is -2.23. The third-order valence-corrected chi connectivity index (χ3v) is 3.88. The molecule has 5 heteroatoms. The van der Waals surface area contributed by atoms with Crippen molar-refractivity contribution in [1.29, 1.82) is 0 Å². The predicted octanol–water partition coefficient (Wildman–Crippen LogP) is 1.56. The van der Waals surface area contributed by atoms with Crippen molar-refractivity contribution < 1.29 is 0 Å². The van der Waals surface area contributed by atoms with Crippen molar-refractivity contribution in [1.82, 2.24) is 9.97 Å². The molecule has 0 bridgehead atoms. The first-order valence-corrected chi connectivity index (χ1v) is 6.90. The summed E-state index contributed by atoms with van der Waals surface area (Å²) >= 11 is 2.02. The van der Waals surface area contributed by atoms with Gasteiger partial charge in [0.2, 0.25) is 0 Å². The molecule has 0 radical (unpaired) electrons. The predicted molar refractivity (Wildman–Crippen MR) is 70.0 cm³/mol. The van der Waals surface area contributed by atoms with Crippen LogP contribution in [0.3, 0.4) is 0 Å². The van der Waals surface area contributed by atoms with Gasteiger partial charge in [0.25, 0.3) is 0 Å². The maximum absolute atomic E-state index is 5.89. The van der Waals surface area contributed by atoms with E-state index in [4.69, 9.17) is 5.73 Å². The molecular weight excluding hydrogens is 220 g/mol. The van der Waals surface area contributed by atoms with Crippen molar-refractivity contribution in [3.63, 3.8) is 0 Å². The van der Waals surface area contributed by atoms with Crippen LogP contribution in [-0.2, 0) is 6.42 Å². The quantitative estimate of drug-likeness (QED) is 0.847. The van der Waals surface area contributed by atoms with Gasteiger partial charge >= 0.3 is 0 Å². The smallest absolute Gasteiger partial charge is 0.137 e. The molecule has 0 atom stereocenters. The van der Waals surface area contributed by atoms with Crippen molar-refractivity contribution >= 4 is 23.4 Å². The van der Waals surface area contributed by atoms with Crippen molar-refractivity contribution in [3.05, 3.63) is 11.9 Å². The zero-order valence-corrected chi connectivity index (χ0v) is 10.5. The molecule has 1 aromatic rings. The highest BCUT2D eigenvalue weighted by molar-refractivity contribution is 7.99. The van der Waals surface area contributed by atoms with E-state index >= 15 is 0 Å². The summed E-state index contributed by atoms with van der Waals surface area (Å²) in [4.78, 5) is 10.8. The lowest BCUT2D eigenvalue weighted by Crippen LogP contribution is -2.28. The number of aromatic nitrogens is 2. The van der Waals surface area contributed by atoms with Crippen molar-refractivity contribution in [2.45, 2.75) is 19.8 Å². The second-order valence-corrected chi connectivity index (χ2v) is 5.09. The molecule has 0 aromatic carbocycles. The van der Waals surface area contributed by atoms with Crippen LogP contribution in [0, 0.1) is 0 Å². The van der Waals surface area contributed by atoms with E-state index in [9.17, 15) is 0 Å². The summed E-state index contributed by atoms with van der Waals surface area (Å²) in [6.07, 6.45) is 3.69. The molecule has 0 aliphatic carbocycles. The molecule has 1 aliphatic heterocycles. The maximum atomic E-state index is 5.89. The number of nitrogen functional groups attached to an aromatic ring is 1. The molecule has 2 heterocycles. The fourth-order valence-electron chi connectivity index (χ4n) is 1.99. The summed E-state index contributed by atoms with van der Waals surface area (Å²) in [5.74, 6) is 4.09. The van der Waals surface area contributed by atoms with Gasteiger partial charge in [-0.15, -0.1) is 0 Å². The Morgan fingerprint density at radius 3 is 3.06 bits per heavy atom. The Kier molecular flexibility index (Phi) is 3.88. The van der Waals surface area contributed by atoms with Gasteiger partial charge in [0.05, 0.1) is 0 Å². The van der Waals surface area contributed by atoms with Gasteiger partial charge in [-0.2, -0.15) is 11.8 Å². The summed E-state index contributed by atoms with van der Waals surface area (Å²) in [5, 5.41) is 0. The average molecular weight is 238 g/mol. The van der Waals surface area contributed by atoms with E-state index in [1.807, 2.05) is 11.8 Å². The first kappa shape index (κ1) is 11.5. The first-order valence-electron chi connectivity index (χ1n) is 5.75. The summed E-state index contributed by atoms with van der Waals surface area (Å²) < 4.78 is 0. The van der Waals surface area contributed by atoms with Crippen LogP contribution in [0.25, 0.3) is 0 Å². The Morgan fingerprint density at radius 2 is 2.25 bits per heavy atom. The van der Waals surface area contributed by atoms with Crippen LogP contribution in [0.5, 0.6) is 0 Å². The Hall–Kier alpha value is -0.970. The largest absolute Gasteiger partial charge is 0.383 e. The second kappa shape index (κ2) is 5.39. The molecule has 16 heavy (non-hydrogen) atoms. The summed E-state index contributed by atoms with van der Waals surface area (Å²) in [7, 11) is 0. The highest BCUT2D eigenvalue weighted by Crippen LogP contribution is 2.24. The molecule has 88 valence electrons. The Bertz CT molecular complexity index is 348. The van der Waals surface area contributed by atoms with Gasteiger partial charge in [0.15, 0.2) is 0 Å². The van der Waals surface area contributed by atoms with Crippen molar-refractivity contribution in [3.8, 4) is 0 Å². The number of anilines is 2. The number of nitrogens with zero attached hydrogens (tertiary/aromatic N) is 3. The zero-order valence-electron chi connectivity index (χ0n) is 9.65. The van der Waals surface area contributed by atoms with Gasteiger partial charge in [-0.05, 0) is 18.6 Å². The standard InChI is InChI=1S/C11H18N4S/c1-2-9-10(12)13-8-14-11(9)15-4-3-6-16-7-5-15/h8H,2-7H2,1H3,(H2,12,13,14). The molecule has 0 unspecified atom stereocenters. The van der Waals surface area contributed by atoms with Crippen LogP contribution in [0.4, 0.5) is 11.6 Å². The van der Waals surface area contributed by atoms with Crippen LogP contribution in [0.1, 0.15) is 18.9 Å². The highest BCUT2D eigenvalue weighted by Gasteiger charge is 2.16. The summed E-state index contributed by atoms with van der Waals surface area (Å²) in [5.41, 5.74) is 6.99. The third-order valence-electron chi connectivity index (χ3n) is 2.83. The first-order chi connectivity index (χ1) is 7.83. The Labute approximate surface area is 101 Å². The van der Waals surface area contributed by atoms with Gasteiger partial charge < -0.3 is 10.6 Å². The van der Waals surface area contributed by atoms with Crippen molar-refractivity contribution in [2.75, 3.05) is 35.2 Å². The maximum Gasteiger partial charge on any atom is 0.137 e. The van der Waals surface area contributed by atoms with E-state index in [2.05, 4.69) is 21.8 Å². The Balaban J connectivity index is 2.27. The summed E-state index contributed by atoms with van der Waals surface area (Å²) in [6, 6.07) is 0. The minimum Gasteiger partial charge on any atom is -0.383 e. The lowest BCUT2D eigenvalue weighted by molar-refractivity contribution is 0.790. The Morgan fingerprint density at radius 1 is 1.38 bits per heavy atom. The molecule has 0 saturated carbocycles. The van der Waals surface area contributed by atoms with Crippen LogP contribution in [0.2, 0.25) is 0 Å². The number of thioether (sulfide) groups is 1. The van der Waals surface area contributed by atoms with Crippen LogP contribution in [-0.4, -0.2) is 34.6 Å². The molecule has 1 aromatic heterocycles. The fraction of sp³-hybridized carbons (Fsp3) is 0.636. The van der Waals surface area contributed by atoms with Gasteiger partial charge in [-0.3, -0.25) is 0 Å². The van der Waals surface area contributed by atoms with Gasteiger partial charge in [0, 0.05) is 24.4 Å². The van der Waals surface area contributed by atoms with Crippen molar-refractivity contribution in [2.24, 2.45) is 0 Å². The monoisotopic (exact) mass is 238 g/mol. The molecule has 0 spiro atoms. The molecule has 1 saturated heterocycles. The van der Waals surface area contributed by atoms with E-state index in [0.29, 0.717) is 5.82 Å². The van der Waals surface area contributed by atoms with E-state index < -0.39 is 0 Å². The average Bonchev–Trinajstić information content (AvgIpc) is 2.57. The number of hydrogen-bond donors (Lipinski definition) is 1.